The first-order chi connectivity index (χ1) is 25.9. The summed E-state index contributed by atoms with van der Waals surface area (Å²) in [7, 11) is 0. The molecule has 314 valence electrons. The van der Waals surface area contributed by atoms with E-state index in [9.17, 15) is 14.4 Å². The summed E-state index contributed by atoms with van der Waals surface area (Å²) >= 11 is 0. The highest BCUT2D eigenvalue weighted by molar-refractivity contribution is 5.71. The van der Waals surface area contributed by atoms with Gasteiger partial charge in [0.05, 0.1) is 0 Å². The summed E-state index contributed by atoms with van der Waals surface area (Å²) in [5.74, 6) is -0.0275. The maximum atomic E-state index is 12.7. The summed E-state index contributed by atoms with van der Waals surface area (Å²) in [6.45, 7) is 8.98. The van der Waals surface area contributed by atoms with E-state index in [0.717, 1.165) is 63.7 Å². The van der Waals surface area contributed by atoms with Gasteiger partial charge in [-0.25, -0.2) is 0 Å². The third kappa shape index (κ3) is 41.4. The lowest BCUT2D eigenvalue weighted by Gasteiger charge is -2.18. The second-order valence-corrected chi connectivity index (χ2v) is 16.5. The number of carbonyl (C=O) groups excluding carboxylic acids is 3. The van der Waals surface area contributed by atoms with Crippen LogP contribution in [0, 0.1) is 5.92 Å². The molecule has 0 aromatic rings. The normalized spacial score (nSPS) is 11.9. The van der Waals surface area contributed by atoms with Crippen LogP contribution in [0.2, 0.25) is 0 Å². The van der Waals surface area contributed by atoms with Crippen LogP contribution in [0.15, 0.2) is 0 Å². The Labute approximate surface area is 329 Å². The molecule has 0 amide bonds. The van der Waals surface area contributed by atoms with E-state index in [1.807, 2.05) is 0 Å². The average Bonchev–Trinajstić information content (AvgIpc) is 3.14. The van der Waals surface area contributed by atoms with Gasteiger partial charge in [0.15, 0.2) is 6.10 Å². The molecule has 0 saturated heterocycles. The zero-order valence-corrected chi connectivity index (χ0v) is 36.0. The third-order valence-electron chi connectivity index (χ3n) is 10.5. The van der Waals surface area contributed by atoms with Crippen molar-refractivity contribution < 1.29 is 28.6 Å². The number of unbranched alkanes of at least 4 members (excludes halogenated alkanes) is 29. The van der Waals surface area contributed by atoms with Crippen molar-refractivity contribution in [2.24, 2.45) is 5.92 Å². The molecule has 0 radical (unpaired) electrons. The van der Waals surface area contributed by atoms with E-state index in [2.05, 4.69) is 27.7 Å². The quantitative estimate of drug-likeness (QED) is 0.0351. The summed E-state index contributed by atoms with van der Waals surface area (Å²) in [5, 5.41) is 0. The zero-order chi connectivity index (χ0) is 38.9. The van der Waals surface area contributed by atoms with Crippen LogP contribution in [0.4, 0.5) is 0 Å². The summed E-state index contributed by atoms with van der Waals surface area (Å²) < 4.78 is 16.7. The van der Waals surface area contributed by atoms with Crippen molar-refractivity contribution in [3.63, 3.8) is 0 Å². The Balaban J connectivity index is 4.30. The summed E-state index contributed by atoms with van der Waals surface area (Å²) in [4.78, 5) is 37.7. The van der Waals surface area contributed by atoms with Crippen LogP contribution in [0.25, 0.3) is 0 Å². The minimum absolute atomic E-state index is 0.0637. The number of hydrogen-bond donors (Lipinski definition) is 0. The maximum absolute atomic E-state index is 12.7. The Kier molecular flexibility index (Phi) is 40.3. The number of carbonyl (C=O) groups is 3. The molecule has 0 heterocycles. The van der Waals surface area contributed by atoms with Crippen LogP contribution in [-0.4, -0.2) is 37.2 Å². The molecule has 0 bridgehead atoms. The predicted octanol–water partition coefficient (Wildman–Crippen LogP) is 14.7. The van der Waals surface area contributed by atoms with Crippen LogP contribution in [0.1, 0.15) is 259 Å². The number of esters is 3. The lowest BCUT2D eigenvalue weighted by Crippen LogP contribution is -2.30. The largest absolute Gasteiger partial charge is 0.462 e. The minimum atomic E-state index is -0.758. The number of hydrogen-bond acceptors (Lipinski definition) is 6. The highest BCUT2D eigenvalue weighted by atomic mass is 16.6. The Morgan fingerprint density at radius 2 is 0.623 bits per heavy atom. The Morgan fingerprint density at radius 1 is 0.358 bits per heavy atom. The van der Waals surface area contributed by atoms with Crippen molar-refractivity contribution in [1.29, 1.82) is 0 Å². The SMILES string of the molecule is CCCCCCCCCCCCCCC(=O)O[C@H](COC(=O)CCCCCCCCCCC)COC(=O)CCCCCCCCCCCCCC(C)C. The molecule has 0 aliphatic heterocycles. The van der Waals surface area contributed by atoms with Gasteiger partial charge >= 0.3 is 17.9 Å². The molecule has 0 rings (SSSR count). The van der Waals surface area contributed by atoms with Gasteiger partial charge < -0.3 is 14.2 Å². The van der Waals surface area contributed by atoms with Gasteiger partial charge in [0, 0.05) is 19.3 Å². The van der Waals surface area contributed by atoms with Gasteiger partial charge in [-0.05, 0) is 25.2 Å². The van der Waals surface area contributed by atoms with E-state index in [0.29, 0.717) is 19.3 Å². The standard InChI is InChI=1S/C47H90O6/c1-5-7-9-11-13-15-16-19-24-28-32-36-40-47(50)53-44(41-51-45(48)38-34-30-26-21-14-12-10-8-6-2)42-52-46(49)39-35-31-27-23-20-17-18-22-25-29-33-37-43(3)4/h43-44H,5-42H2,1-4H3/t44-/m1/s1. The smallest absolute Gasteiger partial charge is 0.306 e. The molecular weight excluding hydrogens is 661 g/mol. The first-order valence-electron chi connectivity index (χ1n) is 23.4. The monoisotopic (exact) mass is 751 g/mol. The van der Waals surface area contributed by atoms with Gasteiger partial charge in [-0.15, -0.1) is 0 Å². The Morgan fingerprint density at radius 3 is 0.925 bits per heavy atom. The van der Waals surface area contributed by atoms with Crippen molar-refractivity contribution in [1.82, 2.24) is 0 Å². The highest BCUT2D eigenvalue weighted by Crippen LogP contribution is 2.16. The van der Waals surface area contributed by atoms with E-state index in [1.165, 1.54) is 154 Å². The summed E-state index contributed by atoms with van der Waals surface area (Å²) in [6.07, 6.45) is 40.8. The van der Waals surface area contributed by atoms with E-state index in [4.69, 9.17) is 14.2 Å². The topological polar surface area (TPSA) is 78.9 Å². The van der Waals surface area contributed by atoms with Crippen molar-refractivity contribution in [2.45, 2.75) is 265 Å². The van der Waals surface area contributed by atoms with Gasteiger partial charge in [-0.3, -0.25) is 14.4 Å². The van der Waals surface area contributed by atoms with Crippen LogP contribution in [-0.2, 0) is 28.6 Å². The number of ether oxygens (including phenoxy) is 3. The molecule has 0 aromatic carbocycles. The first-order valence-corrected chi connectivity index (χ1v) is 23.4. The van der Waals surface area contributed by atoms with Gasteiger partial charge in [-0.1, -0.05) is 220 Å². The molecule has 0 aliphatic carbocycles. The molecule has 0 N–H and O–H groups in total. The highest BCUT2D eigenvalue weighted by Gasteiger charge is 2.19. The lowest BCUT2D eigenvalue weighted by atomic mass is 10.0. The fraction of sp³-hybridized carbons (Fsp3) is 0.936. The molecule has 0 spiro atoms. The van der Waals surface area contributed by atoms with E-state index in [-0.39, 0.29) is 31.1 Å². The Hall–Kier alpha value is -1.59. The minimum Gasteiger partial charge on any atom is -0.462 e. The molecule has 1 atom stereocenters. The fourth-order valence-corrected chi connectivity index (χ4v) is 6.98. The van der Waals surface area contributed by atoms with Crippen molar-refractivity contribution >= 4 is 17.9 Å². The van der Waals surface area contributed by atoms with E-state index in [1.54, 1.807) is 0 Å². The van der Waals surface area contributed by atoms with Crippen molar-refractivity contribution in [2.75, 3.05) is 13.2 Å². The fourth-order valence-electron chi connectivity index (χ4n) is 6.98. The third-order valence-corrected chi connectivity index (χ3v) is 10.5. The van der Waals surface area contributed by atoms with Crippen molar-refractivity contribution in [3.05, 3.63) is 0 Å². The van der Waals surface area contributed by atoms with Crippen LogP contribution < -0.4 is 0 Å². The molecule has 0 unspecified atom stereocenters. The van der Waals surface area contributed by atoms with E-state index < -0.39 is 6.10 Å². The van der Waals surface area contributed by atoms with Crippen LogP contribution >= 0.6 is 0 Å². The molecule has 6 nitrogen and oxygen atoms in total. The van der Waals surface area contributed by atoms with Gasteiger partial charge in [0.25, 0.3) is 0 Å². The maximum Gasteiger partial charge on any atom is 0.306 e. The second-order valence-electron chi connectivity index (χ2n) is 16.5. The van der Waals surface area contributed by atoms with Crippen LogP contribution in [0.5, 0.6) is 0 Å². The molecule has 0 aromatic heterocycles. The first kappa shape index (κ1) is 51.4. The lowest BCUT2D eigenvalue weighted by molar-refractivity contribution is -0.167. The van der Waals surface area contributed by atoms with Gasteiger partial charge in [-0.2, -0.15) is 0 Å². The Bertz CT molecular complexity index is 796. The second kappa shape index (κ2) is 41.6. The molecule has 0 aliphatic rings. The molecule has 53 heavy (non-hydrogen) atoms. The summed E-state index contributed by atoms with van der Waals surface area (Å²) in [6, 6.07) is 0. The van der Waals surface area contributed by atoms with Crippen LogP contribution in [0.3, 0.4) is 0 Å². The van der Waals surface area contributed by atoms with Gasteiger partial charge in [0.2, 0.25) is 0 Å². The van der Waals surface area contributed by atoms with Gasteiger partial charge in [0.1, 0.15) is 13.2 Å². The molecule has 0 saturated carbocycles. The molecular formula is C47H90O6. The van der Waals surface area contributed by atoms with Crippen molar-refractivity contribution in [3.8, 4) is 0 Å². The zero-order valence-electron chi connectivity index (χ0n) is 36.0. The van der Waals surface area contributed by atoms with E-state index >= 15 is 0 Å². The molecule has 0 fully saturated rings. The number of rotatable bonds is 42. The predicted molar refractivity (Wildman–Crippen MR) is 224 cm³/mol. The molecule has 6 heteroatoms. The summed E-state index contributed by atoms with van der Waals surface area (Å²) in [5.41, 5.74) is 0. The average molecular weight is 751 g/mol.